The monoisotopic (exact) mass is 613 g/mol. The zero-order valence-electron chi connectivity index (χ0n) is 22.3. The highest BCUT2D eigenvalue weighted by Gasteiger charge is 2.40. The number of aromatic nitrogens is 1. The van der Waals surface area contributed by atoms with Crippen LogP contribution in [0.15, 0.2) is 71.9 Å². The Labute approximate surface area is 237 Å². The third-order valence-electron chi connectivity index (χ3n) is 6.38. The number of nitrogens with zero attached hydrogens (tertiary/aromatic N) is 2. The summed E-state index contributed by atoms with van der Waals surface area (Å²) in [5.41, 5.74) is 1.71. The molecule has 0 radical (unpaired) electrons. The van der Waals surface area contributed by atoms with Gasteiger partial charge in [0.05, 0.1) is 16.2 Å². The summed E-state index contributed by atoms with van der Waals surface area (Å²) >= 11 is 0. The highest BCUT2D eigenvalue weighted by atomic mass is 32.2. The molecule has 1 atom stereocenters. The van der Waals surface area contributed by atoms with Crippen LogP contribution in [0.5, 0.6) is 0 Å². The average Bonchev–Trinajstić information content (AvgIpc) is 2.90. The number of carbonyl (C=O) groups is 1. The number of amides is 1. The highest BCUT2D eigenvalue weighted by molar-refractivity contribution is 7.89. The first kappa shape index (κ1) is 32.2. The molecule has 0 aliphatic rings. The quantitative estimate of drug-likeness (QED) is 0.285. The Hall–Kier alpha value is -3.33. The van der Waals surface area contributed by atoms with Crippen LogP contribution in [-0.4, -0.2) is 55.4 Å². The SMILES string of the molecule is Cc1cnccc1-c1cccc(C(C)N(CCCC(=O)NCCS(=O)(=O)O)S(=O)(=O)c2ccccc2C(F)(F)F)c1. The normalized spacial score (nSPS) is 13.2. The van der Waals surface area contributed by atoms with Gasteiger partial charge in [0.1, 0.15) is 0 Å². The topological polar surface area (TPSA) is 134 Å². The van der Waals surface area contributed by atoms with Crippen LogP contribution in [-0.2, 0) is 31.1 Å². The summed E-state index contributed by atoms with van der Waals surface area (Å²) in [5, 5.41) is 2.30. The van der Waals surface area contributed by atoms with Crippen LogP contribution in [0.4, 0.5) is 13.2 Å². The number of rotatable bonds is 12. The van der Waals surface area contributed by atoms with E-state index in [2.05, 4.69) is 10.3 Å². The van der Waals surface area contributed by atoms with Crippen molar-refractivity contribution in [1.82, 2.24) is 14.6 Å². The molecule has 0 bridgehead atoms. The molecule has 0 saturated heterocycles. The summed E-state index contributed by atoms with van der Waals surface area (Å²) < 4.78 is 100. The van der Waals surface area contributed by atoms with Crippen LogP contribution in [0.2, 0.25) is 0 Å². The molecule has 1 heterocycles. The Morgan fingerprint density at radius 1 is 1.07 bits per heavy atom. The van der Waals surface area contributed by atoms with Crippen LogP contribution >= 0.6 is 0 Å². The largest absolute Gasteiger partial charge is 0.417 e. The summed E-state index contributed by atoms with van der Waals surface area (Å²) in [4.78, 5) is 15.3. The Kier molecular flexibility index (Phi) is 10.3. The van der Waals surface area contributed by atoms with Gasteiger partial charge in [0.25, 0.3) is 10.1 Å². The number of hydrogen-bond acceptors (Lipinski definition) is 6. The number of hydrogen-bond donors (Lipinski definition) is 2. The smallest absolute Gasteiger partial charge is 0.355 e. The maximum absolute atomic E-state index is 13.8. The van der Waals surface area contributed by atoms with Gasteiger partial charge in [-0.3, -0.25) is 14.3 Å². The van der Waals surface area contributed by atoms with Crippen molar-refractivity contribution >= 4 is 26.0 Å². The van der Waals surface area contributed by atoms with Gasteiger partial charge in [-0.15, -0.1) is 0 Å². The number of sulfonamides is 1. The molecule has 2 aromatic carbocycles. The van der Waals surface area contributed by atoms with E-state index in [1.165, 1.54) is 6.07 Å². The molecule has 0 aliphatic carbocycles. The molecule has 1 unspecified atom stereocenters. The van der Waals surface area contributed by atoms with E-state index in [0.717, 1.165) is 33.1 Å². The third kappa shape index (κ3) is 8.58. The molecule has 3 rings (SSSR count). The van der Waals surface area contributed by atoms with E-state index < -0.39 is 54.5 Å². The first-order valence-corrected chi connectivity index (χ1v) is 15.6. The van der Waals surface area contributed by atoms with Crippen molar-refractivity contribution < 1.29 is 39.4 Å². The molecule has 2 N–H and O–H groups in total. The van der Waals surface area contributed by atoms with Gasteiger partial charge in [-0.2, -0.15) is 25.9 Å². The molecule has 3 aromatic rings. The average molecular weight is 614 g/mol. The van der Waals surface area contributed by atoms with Crippen LogP contribution in [0.1, 0.15) is 42.5 Å². The van der Waals surface area contributed by atoms with Gasteiger partial charge in [-0.05, 0) is 66.8 Å². The van der Waals surface area contributed by atoms with Crippen molar-refractivity contribution in [3.63, 3.8) is 0 Å². The molecule has 1 aromatic heterocycles. The third-order valence-corrected chi connectivity index (χ3v) is 9.12. The van der Waals surface area contributed by atoms with E-state index in [0.29, 0.717) is 11.6 Å². The van der Waals surface area contributed by atoms with Crippen LogP contribution in [0.25, 0.3) is 11.1 Å². The molecule has 0 fully saturated rings. The lowest BCUT2D eigenvalue weighted by molar-refractivity contribution is -0.140. The number of benzene rings is 2. The summed E-state index contributed by atoms with van der Waals surface area (Å²) in [6.45, 7) is 2.76. The second-order valence-electron chi connectivity index (χ2n) is 9.34. The van der Waals surface area contributed by atoms with Crippen molar-refractivity contribution in [2.24, 2.45) is 0 Å². The fraction of sp³-hybridized carbons (Fsp3) is 0.333. The number of pyridine rings is 1. The van der Waals surface area contributed by atoms with Gasteiger partial charge in [-0.25, -0.2) is 8.42 Å². The van der Waals surface area contributed by atoms with Crippen LogP contribution < -0.4 is 5.32 Å². The van der Waals surface area contributed by atoms with Crippen LogP contribution in [0.3, 0.4) is 0 Å². The Morgan fingerprint density at radius 3 is 2.44 bits per heavy atom. The minimum absolute atomic E-state index is 0.0708. The van der Waals surface area contributed by atoms with Crippen molar-refractivity contribution in [1.29, 1.82) is 0 Å². The van der Waals surface area contributed by atoms with E-state index in [-0.39, 0.29) is 25.9 Å². The molecule has 9 nitrogen and oxygen atoms in total. The zero-order chi connectivity index (χ0) is 30.4. The van der Waals surface area contributed by atoms with E-state index in [4.69, 9.17) is 4.55 Å². The maximum Gasteiger partial charge on any atom is 0.417 e. The molecule has 222 valence electrons. The fourth-order valence-corrected chi connectivity index (χ4v) is 6.54. The van der Waals surface area contributed by atoms with E-state index in [9.17, 15) is 34.8 Å². The van der Waals surface area contributed by atoms with Gasteiger partial charge in [0.2, 0.25) is 15.9 Å². The highest BCUT2D eigenvalue weighted by Crippen LogP contribution is 2.38. The van der Waals surface area contributed by atoms with Gasteiger partial charge < -0.3 is 5.32 Å². The number of nitrogens with one attached hydrogen (secondary N) is 1. The molecule has 0 aliphatic heterocycles. The van der Waals surface area contributed by atoms with Crippen molar-refractivity contribution in [2.45, 2.75) is 43.8 Å². The van der Waals surface area contributed by atoms with Gasteiger partial charge in [-0.1, -0.05) is 30.3 Å². The van der Waals surface area contributed by atoms with Crippen molar-refractivity contribution in [3.05, 3.63) is 83.7 Å². The van der Waals surface area contributed by atoms with Crippen molar-refractivity contribution in [3.8, 4) is 11.1 Å². The first-order chi connectivity index (χ1) is 19.1. The Balaban J connectivity index is 1.95. The molecule has 1 amide bonds. The lowest BCUT2D eigenvalue weighted by Gasteiger charge is -2.30. The minimum atomic E-state index is -4.93. The predicted octanol–water partition coefficient (Wildman–Crippen LogP) is 4.61. The lowest BCUT2D eigenvalue weighted by atomic mass is 9.98. The molecular formula is C27H30F3N3O6S2. The standard InChI is InChI=1S/C27H30F3N3O6S2/c1-19-18-31-13-12-23(19)22-8-5-7-21(17-22)20(2)33(15-6-11-26(34)32-14-16-40(35,36)37)41(38,39)25-10-4-3-9-24(25)27(28,29)30/h3-5,7-10,12-13,17-18,20H,6,11,14-16H2,1-2H3,(H,32,34)(H,35,36,37). The first-order valence-electron chi connectivity index (χ1n) is 12.5. The minimum Gasteiger partial charge on any atom is -0.355 e. The number of aryl methyl sites for hydroxylation is 1. The summed E-state index contributed by atoms with van der Waals surface area (Å²) in [6.07, 6.45) is -1.94. The molecule has 41 heavy (non-hydrogen) atoms. The Bertz CT molecular complexity index is 1600. The summed E-state index contributed by atoms with van der Waals surface area (Å²) in [5.74, 6) is -1.30. The van der Waals surface area contributed by atoms with Gasteiger partial charge in [0.15, 0.2) is 0 Å². The lowest BCUT2D eigenvalue weighted by Crippen LogP contribution is -2.36. The van der Waals surface area contributed by atoms with E-state index in [1.807, 2.05) is 13.0 Å². The van der Waals surface area contributed by atoms with Crippen molar-refractivity contribution in [2.75, 3.05) is 18.8 Å². The number of carbonyl (C=O) groups excluding carboxylic acids is 1. The summed E-state index contributed by atoms with van der Waals surface area (Å²) in [7, 11) is -9.01. The number of halogens is 3. The molecular weight excluding hydrogens is 583 g/mol. The molecule has 0 saturated carbocycles. The van der Waals surface area contributed by atoms with Gasteiger partial charge in [0, 0.05) is 37.9 Å². The fourth-order valence-electron chi connectivity index (χ4n) is 4.31. The second kappa shape index (κ2) is 13.1. The second-order valence-corrected chi connectivity index (χ2v) is 12.8. The van der Waals surface area contributed by atoms with Gasteiger partial charge >= 0.3 is 6.18 Å². The maximum atomic E-state index is 13.8. The van der Waals surface area contributed by atoms with Crippen LogP contribution in [0, 0.1) is 6.92 Å². The molecule has 14 heteroatoms. The molecule has 0 spiro atoms. The van der Waals surface area contributed by atoms with E-state index in [1.54, 1.807) is 43.6 Å². The van der Waals surface area contributed by atoms with E-state index >= 15 is 0 Å². The number of alkyl halides is 3. The zero-order valence-corrected chi connectivity index (χ0v) is 23.9. The summed E-state index contributed by atoms with van der Waals surface area (Å²) in [6, 6.07) is 11.8. The predicted molar refractivity (Wildman–Crippen MR) is 147 cm³/mol. The Morgan fingerprint density at radius 2 is 1.78 bits per heavy atom.